The lowest BCUT2D eigenvalue weighted by Crippen LogP contribution is -2.28. The van der Waals surface area contributed by atoms with Crippen LogP contribution >= 0.6 is 0 Å². The summed E-state index contributed by atoms with van der Waals surface area (Å²) in [6.07, 6.45) is 0. The fourth-order valence-corrected chi connectivity index (χ4v) is 11.7. The monoisotopic (exact) mass is 877 g/mol. The van der Waals surface area contributed by atoms with Gasteiger partial charge in [0.05, 0.1) is 5.41 Å². The lowest BCUT2D eigenvalue weighted by Gasteiger charge is -2.35. The summed E-state index contributed by atoms with van der Waals surface area (Å²) in [5.41, 5.74) is 16.7. The molecule has 1 aliphatic rings. The third-order valence-electron chi connectivity index (χ3n) is 14.7. The van der Waals surface area contributed by atoms with Crippen LogP contribution in [0.15, 0.2) is 265 Å². The largest absolute Gasteiger partial charge is 0.455 e. The summed E-state index contributed by atoms with van der Waals surface area (Å²) in [7, 11) is 0. The van der Waals surface area contributed by atoms with Gasteiger partial charge in [0.15, 0.2) is 0 Å². The van der Waals surface area contributed by atoms with Crippen LogP contribution in [0.2, 0.25) is 0 Å². The molecule has 1 heterocycles. The second-order valence-electron chi connectivity index (χ2n) is 18.3. The number of hydrogen-bond acceptors (Lipinski definition) is 2. The Balaban J connectivity index is 0.980. The molecule has 0 N–H and O–H groups in total. The fourth-order valence-electron chi connectivity index (χ4n) is 11.7. The number of anilines is 3. The number of fused-ring (bicyclic) bond motifs is 11. The minimum absolute atomic E-state index is 0.539. The first-order chi connectivity index (χ1) is 34.2. The van der Waals surface area contributed by atoms with E-state index in [0.717, 1.165) is 55.5 Å². The maximum atomic E-state index is 6.69. The number of hydrogen-bond donors (Lipinski definition) is 0. The molecule has 0 saturated heterocycles. The summed E-state index contributed by atoms with van der Waals surface area (Å²) in [6.45, 7) is 0. The number of nitrogens with zero attached hydrogens (tertiary/aromatic N) is 1. The van der Waals surface area contributed by atoms with Gasteiger partial charge in [-0.3, -0.25) is 0 Å². The van der Waals surface area contributed by atoms with Crippen molar-refractivity contribution in [2.45, 2.75) is 5.41 Å². The number of benzene rings is 12. The topological polar surface area (TPSA) is 16.4 Å². The molecule has 1 aliphatic carbocycles. The van der Waals surface area contributed by atoms with E-state index in [1.54, 1.807) is 0 Å². The average molecular weight is 878 g/mol. The molecule has 0 atom stereocenters. The third kappa shape index (κ3) is 5.99. The van der Waals surface area contributed by atoms with E-state index in [2.05, 4.69) is 266 Å². The van der Waals surface area contributed by atoms with Crippen molar-refractivity contribution in [2.24, 2.45) is 0 Å². The molecule has 0 fully saturated rings. The second-order valence-corrected chi connectivity index (χ2v) is 18.3. The van der Waals surface area contributed by atoms with Crippen molar-refractivity contribution in [3.63, 3.8) is 0 Å². The third-order valence-corrected chi connectivity index (χ3v) is 14.7. The van der Waals surface area contributed by atoms with Crippen LogP contribution in [0, 0.1) is 0 Å². The van der Waals surface area contributed by atoms with E-state index in [0.29, 0.717) is 0 Å². The minimum atomic E-state index is -0.539. The molecule has 322 valence electrons. The maximum Gasteiger partial charge on any atom is 0.143 e. The van der Waals surface area contributed by atoms with Crippen LogP contribution in [-0.2, 0) is 5.41 Å². The molecule has 0 saturated carbocycles. The summed E-state index contributed by atoms with van der Waals surface area (Å²) < 4.78 is 6.69. The number of rotatable bonds is 7. The van der Waals surface area contributed by atoms with Crippen LogP contribution in [-0.4, -0.2) is 0 Å². The predicted molar refractivity (Wildman–Crippen MR) is 289 cm³/mol. The zero-order valence-electron chi connectivity index (χ0n) is 37.7. The lowest BCUT2D eigenvalue weighted by molar-refractivity contribution is 0.673. The van der Waals surface area contributed by atoms with E-state index in [1.165, 1.54) is 71.4 Å². The summed E-state index contributed by atoms with van der Waals surface area (Å²) >= 11 is 0. The van der Waals surface area contributed by atoms with Crippen LogP contribution in [0.5, 0.6) is 0 Å². The van der Waals surface area contributed by atoms with Gasteiger partial charge in [0.25, 0.3) is 0 Å². The first-order valence-corrected chi connectivity index (χ1v) is 23.8. The van der Waals surface area contributed by atoms with Crippen LogP contribution in [0.4, 0.5) is 17.1 Å². The maximum absolute atomic E-state index is 6.69. The zero-order valence-corrected chi connectivity index (χ0v) is 37.7. The lowest BCUT2D eigenvalue weighted by atomic mass is 9.67. The smallest absolute Gasteiger partial charge is 0.143 e. The summed E-state index contributed by atoms with van der Waals surface area (Å²) in [5.74, 6) is 0. The predicted octanol–water partition coefficient (Wildman–Crippen LogP) is 18.2. The van der Waals surface area contributed by atoms with Crippen molar-refractivity contribution >= 4 is 71.3 Å². The van der Waals surface area contributed by atoms with Gasteiger partial charge in [0.1, 0.15) is 11.2 Å². The Labute approximate surface area is 400 Å². The molecule has 0 aliphatic heterocycles. The molecule has 69 heavy (non-hydrogen) atoms. The van der Waals surface area contributed by atoms with Crippen LogP contribution in [0.25, 0.3) is 87.6 Å². The van der Waals surface area contributed by atoms with Gasteiger partial charge in [-0.05, 0) is 131 Å². The molecule has 0 bridgehead atoms. The van der Waals surface area contributed by atoms with Crippen LogP contribution < -0.4 is 4.90 Å². The molecule has 0 spiro atoms. The highest BCUT2D eigenvalue weighted by molar-refractivity contribution is 6.19. The Morgan fingerprint density at radius 2 is 0.884 bits per heavy atom. The van der Waals surface area contributed by atoms with Crippen molar-refractivity contribution in [3.05, 3.63) is 283 Å². The molecule has 12 aromatic carbocycles. The van der Waals surface area contributed by atoms with Crippen molar-refractivity contribution in [3.8, 4) is 33.4 Å². The highest BCUT2D eigenvalue weighted by Gasteiger charge is 2.46. The van der Waals surface area contributed by atoms with E-state index >= 15 is 0 Å². The molecule has 14 rings (SSSR count). The normalized spacial score (nSPS) is 12.8. The first kappa shape index (κ1) is 39.2. The molecular weight excluding hydrogens is 835 g/mol. The molecular formula is C67H43NO. The van der Waals surface area contributed by atoms with E-state index in [-0.39, 0.29) is 0 Å². The Kier molecular flexibility index (Phi) is 8.84. The SMILES string of the molecule is c1ccc(C2(c3ccccc3)c3ccccc3-c3ccc(N(c4ccc(-c5cccc6c5ccc5ccccc56)cc4)c4cccc(-c5cccc6oc7c8ccccc8ccc7c56)c4)cc32)cc1. The molecule has 1 aromatic heterocycles. The minimum Gasteiger partial charge on any atom is -0.455 e. The standard InChI is InChI=1S/C67H43NO/c1-3-19-48(20-4-1)67(49-21-5-2-6-22-49)62-30-12-11-26-59(62)60-41-38-52(43-63(60)67)68(50-36-32-46(33-37-50)54-27-14-29-57-53-24-9-7-16-44(53)34-39-58(54)57)51-23-13-18-47(42-51)55-28-15-31-64-65(55)61-40-35-45-17-8-10-25-56(45)66(61)69-64/h1-43H. The van der Waals surface area contributed by atoms with Crippen molar-refractivity contribution in [2.75, 3.05) is 4.90 Å². The molecule has 0 unspecified atom stereocenters. The van der Waals surface area contributed by atoms with Gasteiger partial charge < -0.3 is 9.32 Å². The summed E-state index contributed by atoms with van der Waals surface area (Å²) in [5, 5.41) is 9.58. The average Bonchev–Trinajstić information content (AvgIpc) is 3.96. The molecule has 2 heteroatoms. The molecule has 0 radical (unpaired) electrons. The van der Waals surface area contributed by atoms with E-state index < -0.39 is 5.41 Å². The van der Waals surface area contributed by atoms with Gasteiger partial charge in [-0.15, -0.1) is 0 Å². The summed E-state index contributed by atoms with van der Waals surface area (Å²) in [4.78, 5) is 2.44. The van der Waals surface area contributed by atoms with Gasteiger partial charge >= 0.3 is 0 Å². The van der Waals surface area contributed by atoms with Crippen molar-refractivity contribution in [1.82, 2.24) is 0 Å². The molecule has 13 aromatic rings. The van der Waals surface area contributed by atoms with Crippen LogP contribution in [0.1, 0.15) is 22.3 Å². The fraction of sp³-hybridized carbons (Fsp3) is 0.0149. The van der Waals surface area contributed by atoms with Gasteiger partial charge in [0.2, 0.25) is 0 Å². The second kappa shape index (κ2) is 15.6. The van der Waals surface area contributed by atoms with Crippen LogP contribution in [0.3, 0.4) is 0 Å². The first-order valence-electron chi connectivity index (χ1n) is 23.8. The molecule has 2 nitrogen and oxygen atoms in total. The van der Waals surface area contributed by atoms with Crippen molar-refractivity contribution < 1.29 is 4.42 Å². The Morgan fingerprint density at radius 1 is 0.304 bits per heavy atom. The van der Waals surface area contributed by atoms with Gasteiger partial charge in [0, 0.05) is 33.2 Å². The highest BCUT2D eigenvalue weighted by atomic mass is 16.3. The van der Waals surface area contributed by atoms with Gasteiger partial charge in [-0.25, -0.2) is 0 Å². The Bertz CT molecular complexity index is 4090. The van der Waals surface area contributed by atoms with E-state index in [9.17, 15) is 0 Å². The quantitative estimate of drug-likeness (QED) is 0.148. The van der Waals surface area contributed by atoms with Gasteiger partial charge in [-0.2, -0.15) is 0 Å². The van der Waals surface area contributed by atoms with Crippen molar-refractivity contribution in [1.29, 1.82) is 0 Å². The van der Waals surface area contributed by atoms with E-state index in [4.69, 9.17) is 4.42 Å². The number of furan rings is 1. The highest BCUT2D eigenvalue weighted by Crippen LogP contribution is 2.57. The molecule has 0 amide bonds. The Morgan fingerprint density at radius 3 is 1.68 bits per heavy atom. The van der Waals surface area contributed by atoms with E-state index in [1.807, 2.05) is 0 Å². The zero-order chi connectivity index (χ0) is 45.5. The van der Waals surface area contributed by atoms with Gasteiger partial charge in [-0.1, -0.05) is 212 Å². The summed E-state index contributed by atoms with van der Waals surface area (Å²) in [6, 6.07) is 95.7. The Hall–Kier alpha value is -8.98.